The number of nitrogens with zero attached hydrogens (tertiary/aromatic N) is 2. The van der Waals surface area contributed by atoms with Gasteiger partial charge in [0, 0.05) is 17.1 Å². The summed E-state index contributed by atoms with van der Waals surface area (Å²) >= 11 is 6.16. The van der Waals surface area contributed by atoms with E-state index < -0.39 is 0 Å². The highest BCUT2D eigenvalue weighted by Crippen LogP contribution is 2.25. The molecule has 1 heterocycles. The van der Waals surface area contributed by atoms with Crippen LogP contribution in [-0.2, 0) is 0 Å². The summed E-state index contributed by atoms with van der Waals surface area (Å²) in [5, 5.41) is 10.3. The first-order chi connectivity index (χ1) is 10.3. The Morgan fingerprint density at radius 1 is 1.10 bits per heavy atom. The van der Waals surface area contributed by atoms with Crippen LogP contribution in [0, 0.1) is 0 Å². The summed E-state index contributed by atoms with van der Waals surface area (Å²) in [7, 11) is 0. The van der Waals surface area contributed by atoms with Crippen molar-refractivity contribution in [3.63, 3.8) is 0 Å². The third-order valence-electron chi connectivity index (χ3n) is 3.03. The van der Waals surface area contributed by atoms with Gasteiger partial charge in [0.05, 0.1) is 17.1 Å². The van der Waals surface area contributed by atoms with Crippen LogP contribution in [0.25, 0.3) is 22.3 Å². The lowest BCUT2D eigenvalue weighted by Crippen LogP contribution is -2.01. The number of halogens is 1. The molecule has 0 aliphatic rings. The van der Waals surface area contributed by atoms with Crippen molar-refractivity contribution in [1.29, 1.82) is 0 Å². The maximum Gasteiger partial charge on any atom is 0.159 e. The molecule has 0 saturated carbocycles. The fraction of sp³-hybridized carbons (Fsp3) is 0.125. The third-order valence-corrected chi connectivity index (χ3v) is 3.34. The average molecular weight is 301 g/mol. The van der Waals surface area contributed by atoms with Gasteiger partial charge in [-0.2, -0.15) is 0 Å². The van der Waals surface area contributed by atoms with Gasteiger partial charge in [-0.05, 0) is 30.3 Å². The van der Waals surface area contributed by atoms with Gasteiger partial charge >= 0.3 is 0 Å². The van der Waals surface area contributed by atoms with Crippen LogP contribution in [0.1, 0.15) is 0 Å². The highest BCUT2D eigenvalue weighted by Gasteiger charge is 2.06. The Morgan fingerprint density at radius 3 is 2.67 bits per heavy atom. The molecule has 0 bridgehead atoms. The van der Waals surface area contributed by atoms with E-state index in [-0.39, 0.29) is 13.2 Å². The quantitative estimate of drug-likeness (QED) is 0.803. The molecule has 1 aromatic heterocycles. The van der Waals surface area contributed by atoms with Gasteiger partial charge in [0.2, 0.25) is 0 Å². The summed E-state index contributed by atoms with van der Waals surface area (Å²) in [6, 6.07) is 13.0. The van der Waals surface area contributed by atoms with Gasteiger partial charge < -0.3 is 9.84 Å². The summed E-state index contributed by atoms with van der Waals surface area (Å²) in [4.78, 5) is 8.87. The number of hydrogen-bond donors (Lipinski definition) is 1. The molecule has 3 rings (SSSR count). The van der Waals surface area contributed by atoms with Crippen LogP contribution in [0.2, 0.25) is 5.02 Å². The summed E-state index contributed by atoms with van der Waals surface area (Å²) in [6.45, 7) is 0.273. The zero-order valence-electron chi connectivity index (χ0n) is 11.2. The first-order valence-electron chi connectivity index (χ1n) is 6.53. The number of fused-ring (bicyclic) bond motifs is 1. The lowest BCUT2D eigenvalue weighted by molar-refractivity contribution is 0.201. The molecule has 0 unspecified atom stereocenters. The zero-order valence-corrected chi connectivity index (χ0v) is 11.9. The molecule has 0 radical (unpaired) electrons. The topological polar surface area (TPSA) is 55.2 Å². The van der Waals surface area contributed by atoms with Crippen molar-refractivity contribution < 1.29 is 9.84 Å². The lowest BCUT2D eigenvalue weighted by Gasteiger charge is -2.06. The molecule has 1 N–H and O–H groups in total. The minimum Gasteiger partial charge on any atom is -0.491 e. The molecule has 5 heteroatoms. The van der Waals surface area contributed by atoms with Crippen molar-refractivity contribution in [3.8, 4) is 17.1 Å². The highest BCUT2D eigenvalue weighted by molar-refractivity contribution is 6.35. The standard InChI is InChI=1S/C16H13ClN2O2/c17-14-3-1-2-12-10-18-16(19-15(12)14)11-4-6-13(7-5-11)21-9-8-20/h1-7,10,20H,8-9H2. The lowest BCUT2D eigenvalue weighted by atomic mass is 10.2. The Morgan fingerprint density at radius 2 is 1.90 bits per heavy atom. The summed E-state index contributed by atoms with van der Waals surface area (Å²) in [5.41, 5.74) is 1.62. The first-order valence-corrected chi connectivity index (χ1v) is 6.91. The molecule has 0 saturated heterocycles. The molecular formula is C16H13ClN2O2. The smallest absolute Gasteiger partial charge is 0.159 e. The number of para-hydroxylation sites is 1. The van der Waals surface area contributed by atoms with E-state index in [4.69, 9.17) is 21.4 Å². The molecule has 4 nitrogen and oxygen atoms in total. The first kappa shape index (κ1) is 13.8. The Balaban J connectivity index is 1.94. The summed E-state index contributed by atoms with van der Waals surface area (Å²) in [6.07, 6.45) is 1.76. The van der Waals surface area contributed by atoms with Crippen LogP contribution < -0.4 is 4.74 Å². The maximum atomic E-state index is 8.73. The molecule has 0 fully saturated rings. The Hall–Kier alpha value is -2.17. The molecule has 0 atom stereocenters. The molecule has 2 aromatic carbocycles. The van der Waals surface area contributed by atoms with Gasteiger partial charge in [-0.15, -0.1) is 0 Å². The van der Waals surface area contributed by atoms with E-state index in [0.29, 0.717) is 16.6 Å². The highest BCUT2D eigenvalue weighted by atomic mass is 35.5. The zero-order chi connectivity index (χ0) is 14.7. The minimum atomic E-state index is -0.00592. The van der Waals surface area contributed by atoms with E-state index in [0.717, 1.165) is 16.5 Å². The second kappa shape index (κ2) is 6.08. The van der Waals surface area contributed by atoms with Crippen molar-refractivity contribution >= 4 is 22.5 Å². The molecule has 21 heavy (non-hydrogen) atoms. The van der Waals surface area contributed by atoms with E-state index in [1.807, 2.05) is 42.5 Å². The number of rotatable bonds is 4. The fourth-order valence-corrected chi connectivity index (χ4v) is 2.25. The minimum absolute atomic E-state index is 0.00592. The number of benzene rings is 2. The monoisotopic (exact) mass is 300 g/mol. The number of aliphatic hydroxyl groups excluding tert-OH is 1. The van der Waals surface area contributed by atoms with Crippen molar-refractivity contribution in [1.82, 2.24) is 9.97 Å². The van der Waals surface area contributed by atoms with Gasteiger partial charge in [-0.1, -0.05) is 23.7 Å². The Labute approximate surface area is 127 Å². The van der Waals surface area contributed by atoms with Crippen molar-refractivity contribution in [2.24, 2.45) is 0 Å². The Bertz CT molecular complexity index is 760. The van der Waals surface area contributed by atoms with Crippen LogP contribution in [0.4, 0.5) is 0 Å². The van der Waals surface area contributed by atoms with Crippen LogP contribution in [0.3, 0.4) is 0 Å². The van der Waals surface area contributed by atoms with Gasteiger partial charge in [-0.3, -0.25) is 0 Å². The van der Waals surface area contributed by atoms with Crippen LogP contribution >= 0.6 is 11.6 Å². The fourth-order valence-electron chi connectivity index (χ4n) is 2.02. The summed E-state index contributed by atoms with van der Waals surface area (Å²) in [5.74, 6) is 1.32. The molecule has 0 aliphatic carbocycles. The van der Waals surface area contributed by atoms with Crippen LogP contribution in [-0.4, -0.2) is 28.3 Å². The van der Waals surface area contributed by atoms with Crippen molar-refractivity contribution in [3.05, 3.63) is 53.7 Å². The van der Waals surface area contributed by atoms with Gasteiger partial charge in [0.25, 0.3) is 0 Å². The predicted molar refractivity (Wildman–Crippen MR) is 82.6 cm³/mol. The van der Waals surface area contributed by atoms with E-state index >= 15 is 0 Å². The third kappa shape index (κ3) is 2.96. The number of hydrogen-bond acceptors (Lipinski definition) is 4. The molecule has 0 aliphatic heterocycles. The number of aliphatic hydroxyl groups is 1. The van der Waals surface area contributed by atoms with Gasteiger partial charge in [0.1, 0.15) is 12.4 Å². The second-order valence-electron chi connectivity index (χ2n) is 4.47. The molecule has 3 aromatic rings. The van der Waals surface area contributed by atoms with Crippen LogP contribution in [0.15, 0.2) is 48.7 Å². The molecular weight excluding hydrogens is 288 g/mol. The van der Waals surface area contributed by atoms with Gasteiger partial charge in [0.15, 0.2) is 5.82 Å². The number of ether oxygens (including phenoxy) is 1. The largest absolute Gasteiger partial charge is 0.491 e. The predicted octanol–water partition coefficient (Wildman–Crippen LogP) is 3.32. The SMILES string of the molecule is OCCOc1ccc(-c2ncc3cccc(Cl)c3n2)cc1. The molecule has 106 valence electrons. The molecule has 0 spiro atoms. The summed E-state index contributed by atoms with van der Waals surface area (Å²) < 4.78 is 5.32. The van der Waals surface area contributed by atoms with E-state index in [9.17, 15) is 0 Å². The van der Waals surface area contributed by atoms with E-state index in [2.05, 4.69) is 9.97 Å². The normalized spacial score (nSPS) is 10.8. The Kier molecular flexibility index (Phi) is 3.99. The maximum absolute atomic E-state index is 8.73. The van der Waals surface area contributed by atoms with Gasteiger partial charge in [-0.25, -0.2) is 9.97 Å². The molecule has 0 amide bonds. The van der Waals surface area contributed by atoms with Crippen LogP contribution in [0.5, 0.6) is 5.75 Å². The average Bonchev–Trinajstić information content (AvgIpc) is 2.54. The van der Waals surface area contributed by atoms with E-state index in [1.54, 1.807) is 6.20 Å². The van der Waals surface area contributed by atoms with Crippen molar-refractivity contribution in [2.75, 3.05) is 13.2 Å². The van der Waals surface area contributed by atoms with Crippen molar-refractivity contribution in [2.45, 2.75) is 0 Å². The van der Waals surface area contributed by atoms with E-state index in [1.165, 1.54) is 0 Å². The number of aromatic nitrogens is 2. The second-order valence-corrected chi connectivity index (χ2v) is 4.87.